The molecule has 0 heterocycles. The summed E-state index contributed by atoms with van der Waals surface area (Å²) in [4.78, 5) is 2.09. The Hall–Kier alpha value is -1.57. The van der Waals surface area contributed by atoms with Gasteiger partial charge in [0.05, 0.1) is 12.2 Å². The van der Waals surface area contributed by atoms with Crippen molar-refractivity contribution in [2.75, 3.05) is 32.8 Å². The Bertz CT molecular complexity index is 374. The lowest BCUT2D eigenvalue weighted by molar-refractivity contribution is 0.174. The van der Waals surface area contributed by atoms with Gasteiger partial charge in [-0.25, -0.2) is 0 Å². The number of ether oxygens (including phenoxy) is 1. The smallest absolute Gasteiger partial charge is 0.137 e. The van der Waals surface area contributed by atoms with Gasteiger partial charge in [0, 0.05) is 13.1 Å². The summed E-state index contributed by atoms with van der Waals surface area (Å²) in [6.07, 6.45) is 0. The highest BCUT2D eigenvalue weighted by molar-refractivity contribution is 5.42. The first kappa shape index (κ1) is 13.5. The van der Waals surface area contributed by atoms with E-state index in [0.29, 0.717) is 24.5 Å². The SMILES string of the molecule is CCN(CCO)CCOc1ccccc1C#N. The molecule has 1 rings (SSSR count). The molecule has 0 aliphatic carbocycles. The van der Waals surface area contributed by atoms with Crippen LogP contribution in [0.4, 0.5) is 0 Å². The third-order valence-electron chi connectivity index (χ3n) is 2.54. The van der Waals surface area contributed by atoms with Crippen LogP contribution in [0.2, 0.25) is 0 Å². The maximum absolute atomic E-state index is 8.88. The van der Waals surface area contributed by atoms with Crippen molar-refractivity contribution in [1.82, 2.24) is 4.90 Å². The standard InChI is InChI=1S/C13H18N2O2/c1-2-15(7-9-16)8-10-17-13-6-4-3-5-12(13)11-14/h3-6,16H,2,7-10H2,1H3. The highest BCUT2D eigenvalue weighted by Crippen LogP contribution is 2.16. The largest absolute Gasteiger partial charge is 0.491 e. The second-order valence-corrected chi connectivity index (χ2v) is 3.61. The third kappa shape index (κ3) is 4.43. The second kappa shape index (κ2) is 7.66. The molecule has 1 aromatic carbocycles. The van der Waals surface area contributed by atoms with Crippen LogP contribution in [0.1, 0.15) is 12.5 Å². The number of hydrogen-bond acceptors (Lipinski definition) is 4. The van der Waals surface area contributed by atoms with Gasteiger partial charge in [-0.05, 0) is 18.7 Å². The molecule has 1 aromatic rings. The van der Waals surface area contributed by atoms with Gasteiger partial charge in [-0.1, -0.05) is 19.1 Å². The zero-order chi connectivity index (χ0) is 12.5. The molecule has 0 radical (unpaired) electrons. The Morgan fingerprint density at radius 1 is 1.35 bits per heavy atom. The summed E-state index contributed by atoms with van der Waals surface area (Å²) < 4.78 is 5.56. The minimum absolute atomic E-state index is 0.155. The van der Waals surface area contributed by atoms with E-state index in [4.69, 9.17) is 15.1 Å². The molecule has 0 aromatic heterocycles. The highest BCUT2D eigenvalue weighted by atomic mass is 16.5. The molecule has 4 heteroatoms. The van der Waals surface area contributed by atoms with E-state index in [-0.39, 0.29) is 6.61 Å². The third-order valence-corrected chi connectivity index (χ3v) is 2.54. The minimum atomic E-state index is 0.155. The van der Waals surface area contributed by atoms with E-state index >= 15 is 0 Å². The molecule has 92 valence electrons. The molecule has 1 N–H and O–H groups in total. The molecule has 0 saturated heterocycles. The van der Waals surface area contributed by atoms with E-state index in [2.05, 4.69) is 11.0 Å². The molecule has 0 saturated carbocycles. The van der Waals surface area contributed by atoms with Crippen LogP contribution in [0.25, 0.3) is 0 Å². The highest BCUT2D eigenvalue weighted by Gasteiger charge is 2.04. The molecule has 0 atom stereocenters. The Labute approximate surface area is 102 Å². The van der Waals surface area contributed by atoms with Gasteiger partial charge in [0.2, 0.25) is 0 Å². The Morgan fingerprint density at radius 2 is 2.12 bits per heavy atom. The van der Waals surface area contributed by atoms with E-state index in [0.717, 1.165) is 13.1 Å². The Balaban J connectivity index is 2.42. The van der Waals surface area contributed by atoms with Gasteiger partial charge >= 0.3 is 0 Å². The van der Waals surface area contributed by atoms with Gasteiger partial charge in [0.15, 0.2) is 0 Å². The normalized spacial score (nSPS) is 10.2. The number of para-hydroxylation sites is 1. The zero-order valence-corrected chi connectivity index (χ0v) is 10.1. The minimum Gasteiger partial charge on any atom is -0.491 e. The van der Waals surface area contributed by atoms with E-state index in [9.17, 15) is 0 Å². The fourth-order valence-electron chi connectivity index (χ4n) is 1.54. The fraction of sp³-hybridized carbons (Fsp3) is 0.462. The number of likely N-dealkylation sites (N-methyl/N-ethyl adjacent to an activating group) is 1. The van der Waals surface area contributed by atoms with Gasteiger partial charge in [0.25, 0.3) is 0 Å². The van der Waals surface area contributed by atoms with Gasteiger partial charge in [-0.3, -0.25) is 4.90 Å². The second-order valence-electron chi connectivity index (χ2n) is 3.61. The fourth-order valence-corrected chi connectivity index (χ4v) is 1.54. The molecule has 0 aliphatic rings. The first-order valence-electron chi connectivity index (χ1n) is 5.77. The lowest BCUT2D eigenvalue weighted by Gasteiger charge is -2.19. The molecule has 0 bridgehead atoms. The van der Waals surface area contributed by atoms with Crippen LogP contribution in [0.3, 0.4) is 0 Å². The van der Waals surface area contributed by atoms with Crippen molar-refractivity contribution >= 4 is 0 Å². The van der Waals surface area contributed by atoms with Crippen molar-refractivity contribution in [1.29, 1.82) is 5.26 Å². The summed E-state index contributed by atoms with van der Waals surface area (Å²) in [6.45, 7) is 4.99. The molecular weight excluding hydrogens is 216 g/mol. The van der Waals surface area contributed by atoms with Gasteiger partial charge in [-0.2, -0.15) is 5.26 Å². The number of nitriles is 1. The van der Waals surface area contributed by atoms with Crippen LogP contribution in [-0.4, -0.2) is 42.9 Å². The topological polar surface area (TPSA) is 56.5 Å². The van der Waals surface area contributed by atoms with Crippen molar-refractivity contribution in [3.8, 4) is 11.8 Å². The van der Waals surface area contributed by atoms with E-state index in [1.807, 2.05) is 19.1 Å². The summed E-state index contributed by atoms with van der Waals surface area (Å²) in [5.74, 6) is 0.620. The lowest BCUT2D eigenvalue weighted by Crippen LogP contribution is -2.30. The van der Waals surface area contributed by atoms with Crippen LogP contribution in [0.15, 0.2) is 24.3 Å². The van der Waals surface area contributed by atoms with Crippen LogP contribution in [0, 0.1) is 11.3 Å². The summed E-state index contributed by atoms with van der Waals surface area (Å²) >= 11 is 0. The first-order chi connectivity index (χ1) is 8.31. The summed E-state index contributed by atoms with van der Waals surface area (Å²) in [6, 6.07) is 9.29. The van der Waals surface area contributed by atoms with Gasteiger partial charge < -0.3 is 9.84 Å². The maximum atomic E-state index is 8.88. The number of hydrogen-bond donors (Lipinski definition) is 1. The molecule has 0 spiro atoms. The summed E-state index contributed by atoms with van der Waals surface area (Å²) in [5, 5.41) is 17.7. The zero-order valence-electron chi connectivity index (χ0n) is 10.1. The van der Waals surface area contributed by atoms with Crippen molar-refractivity contribution < 1.29 is 9.84 Å². The van der Waals surface area contributed by atoms with Crippen molar-refractivity contribution in [2.45, 2.75) is 6.92 Å². The van der Waals surface area contributed by atoms with Crippen molar-refractivity contribution in [3.63, 3.8) is 0 Å². The van der Waals surface area contributed by atoms with Crippen molar-refractivity contribution in [2.24, 2.45) is 0 Å². The summed E-state index contributed by atoms with van der Waals surface area (Å²) in [5.41, 5.74) is 0.553. The van der Waals surface area contributed by atoms with Crippen LogP contribution < -0.4 is 4.74 Å². The number of benzene rings is 1. The predicted octanol–water partition coefficient (Wildman–Crippen LogP) is 1.25. The van der Waals surface area contributed by atoms with Gasteiger partial charge in [-0.15, -0.1) is 0 Å². The molecular formula is C13H18N2O2. The molecule has 0 fully saturated rings. The summed E-state index contributed by atoms with van der Waals surface area (Å²) in [7, 11) is 0. The molecule has 0 aliphatic heterocycles. The number of aliphatic hydroxyl groups excluding tert-OH is 1. The van der Waals surface area contributed by atoms with Crippen molar-refractivity contribution in [3.05, 3.63) is 29.8 Å². The average molecular weight is 234 g/mol. The monoisotopic (exact) mass is 234 g/mol. The predicted molar refractivity (Wildman–Crippen MR) is 65.9 cm³/mol. The quantitative estimate of drug-likeness (QED) is 0.771. The van der Waals surface area contributed by atoms with Crippen LogP contribution >= 0.6 is 0 Å². The lowest BCUT2D eigenvalue weighted by atomic mass is 10.2. The number of aliphatic hydroxyl groups is 1. The molecule has 0 unspecified atom stereocenters. The van der Waals surface area contributed by atoms with E-state index < -0.39 is 0 Å². The van der Waals surface area contributed by atoms with E-state index in [1.165, 1.54) is 0 Å². The Morgan fingerprint density at radius 3 is 2.76 bits per heavy atom. The Kier molecular flexibility index (Phi) is 6.08. The average Bonchev–Trinajstić information content (AvgIpc) is 2.38. The molecule has 17 heavy (non-hydrogen) atoms. The first-order valence-corrected chi connectivity index (χ1v) is 5.77. The van der Waals surface area contributed by atoms with Crippen LogP contribution in [-0.2, 0) is 0 Å². The van der Waals surface area contributed by atoms with Gasteiger partial charge in [0.1, 0.15) is 18.4 Å². The number of nitrogens with zero attached hydrogens (tertiary/aromatic N) is 2. The molecule has 0 amide bonds. The maximum Gasteiger partial charge on any atom is 0.137 e. The number of rotatable bonds is 7. The molecule has 4 nitrogen and oxygen atoms in total. The van der Waals surface area contributed by atoms with Crippen LogP contribution in [0.5, 0.6) is 5.75 Å². The van der Waals surface area contributed by atoms with E-state index in [1.54, 1.807) is 12.1 Å².